The molecule has 1 heterocycles. The van der Waals surface area contributed by atoms with E-state index in [-0.39, 0.29) is 20.6 Å². The molecule has 0 radical (unpaired) electrons. The van der Waals surface area contributed by atoms with Crippen LogP contribution in [0.4, 0.5) is 4.79 Å². The van der Waals surface area contributed by atoms with Crippen molar-refractivity contribution in [1.82, 2.24) is 10.3 Å². The van der Waals surface area contributed by atoms with E-state index >= 15 is 0 Å². The fraction of sp³-hybridized carbons (Fsp3) is 0.100. The standard InChI is InChI=1S/C20H14Cl3N3O4/c1-9(18(27)26-20(24)29)30-19(28)12-8-15(25-14-5-3-2-4-10(12)14)11-6-7-13(21)17(23)16(11)22/h2-9H,1H3,(H3,24,26,27,29). The number of nitrogens with zero attached hydrogens (tertiary/aromatic N) is 1. The number of rotatable bonds is 4. The van der Waals surface area contributed by atoms with E-state index in [1.807, 2.05) is 5.32 Å². The number of imide groups is 1. The summed E-state index contributed by atoms with van der Waals surface area (Å²) in [5.41, 5.74) is 6.39. The molecule has 3 N–H and O–H groups in total. The molecule has 7 nitrogen and oxygen atoms in total. The molecule has 3 amide bonds. The number of fused-ring (bicyclic) bond motifs is 1. The number of para-hydroxylation sites is 1. The molecule has 1 unspecified atom stereocenters. The Morgan fingerprint density at radius 2 is 1.77 bits per heavy atom. The Labute approximate surface area is 186 Å². The van der Waals surface area contributed by atoms with Crippen LogP contribution in [0.15, 0.2) is 42.5 Å². The van der Waals surface area contributed by atoms with Gasteiger partial charge >= 0.3 is 12.0 Å². The Balaban J connectivity index is 2.06. The van der Waals surface area contributed by atoms with Crippen LogP contribution in [0.3, 0.4) is 0 Å². The van der Waals surface area contributed by atoms with E-state index < -0.39 is 24.0 Å². The van der Waals surface area contributed by atoms with Gasteiger partial charge in [0.15, 0.2) is 6.10 Å². The quantitative estimate of drug-likeness (QED) is 0.431. The molecule has 3 rings (SSSR count). The van der Waals surface area contributed by atoms with Gasteiger partial charge in [0, 0.05) is 10.9 Å². The van der Waals surface area contributed by atoms with Crippen molar-refractivity contribution in [1.29, 1.82) is 0 Å². The van der Waals surface area contributed by atoms with Crippen molar-refractivity contribution in [3.63, 3.8) is 0 Å². The summed E-state index contributed by atoms with van der Waals surface area (Å²) in [6, 6.07) is 10.5. The van der Waals surface area contributed by atoms with Gasteiger partial charge in [0.25, 0.3) is 5.91 Å². The zero-order valence-corrected chi connectivity index (χ0v) is 17.7. The maximum absolute atomic E-state index is 12.8. The second kappa shape index (κ2) is 8.87. The Morgan fingerprint density at radius 1 is 1.07 bits per heavy atom. The highest BCUT2D eigenvalue weighted by atomic mass is 35.5. The number of nitrogens with two attached hydrogens (primary N) is 1. The fourth-order valence-electron chi connectivity index (χ4n) is 2.71. The number of aromatic nitrogens is 1. The molecule has 0 bridgehead atoms. The van der Waals surface area contributed by atoms with E-state index in [2.05, 4.69) is 4.98 Å². The number of carbonyl (C=O) groups excluding carboxylic acids is 3. The lowest BCUT2D eigenvalue weighted by molar-refractivity contribution is -0.127. The Morgan fingerprint density at radius 3 is 2.47 bits per heavy atom. The largest absolute Gasteiger partial charge is 0.449 e. The minimum absolute atomic E-state index is 0.150. The van der Waals surface area contributed by atoms with Gasteiger partial charge in [-0.3, -0.25) is 10.1 Å². The average Bonchev–Trinajstić information content (AvgIpc) is 2.70. The van der Waals surface area contributed by atoms with Crippen molar-refractivity contribution in [2.45, 2.75) is 13.0 Å². The van der Waals surface area contributed by atoms with Crippen LogP contribution in [-0.4, -0.2) is 29.0 Å². The Kier molecular flexibility index (Phi) is 6.45. The van der Waals surface area contributed by atoms with Crippen LogP contribution in [0, 0.1) is 0 Å². The topological polar surface area (TPSA) is 111 Å². The van der Waals surface area contributed by atoms with Gasteiger partial charge < -0.3 is 10.5 Å². The van der Waals surface area contributed by atoms with Gasteiger partial charge in [-0.2, -0.15) is 0 Å². The number of hydrogen-bond donors (Lipinski definition) is 2. The van der Waals surface area contributed by atoms with E-state index in [1.54, 1.807) is 36.4 Å². The predicted octanol–water partition coefficient (Wildman–Crippen LogP) is 4.60. The monoisotopic (exact) mass is 465 g/mol. The van der Waals surface area contributed by atoms with Gasteiger partial charge in [0.2, 0.25) is 0 Å². The van der Waals surface area contributed by atoms with Gasteiger partial charge in [-0.15, -0.1) is 0 Å². The van der Waals surface area contributed by atoms with E-state index in [9.17, 15) is 14.4 Å². The third kappa shape index (κ3) is 4.48. The molecular formula is C20H14Cl3N3O4. The maximum atomic E-state index is 12.8. The average molecular weight is 467 g/mol. The van der Waals surface area contributed by atoms with Crippen LogP contribution in [0.1, 0.15) is 17.3 Å². The molecule has 2 aromatic carbocycles. The smallest absolute Gasteiger partial charge is 0.339 e. The van der Waals surface area contributed by atoms with Crippen LogP contribution >= 0.6 is 34.8 Å². The molecule has 10 heteroatoms. The van der Waals surface area contributed by atoms with Crippen LogP contribution in [0.25, 0.3) is 22.2 Å². The lowest BCUT2D eigenvalue weighted by Crippen LogP contribution is -2.42. The predicted molar refractivity (Wildman–Crippen MR) is 115 cm³/mol. The number of ether oxygens (including phenoxy) is 1. The van der Waals surface area contributed by atoms with Crippen molar-refractivity contribution < 1.29 is 19.1 Å². The molecule has 0 spiro atoms. The number of carbonyl (C=O) groups is 3. The summed E-state index contributed by atoms with van der Waals surface area (Å²) in [4.78, 5) is 40.0. The molecule has 0 fully saturated rings. The Hall–Kier alpha value is -2.87. The number of pyridine rings is 1. The van der Waals surface area contributed by atoms with E-state index in [0.717, 1.165) is 0 Å². The van der Waals surface area contributed by atoms with Crippen molar-refractivity contribution in [2.24, 2.45) is 5.73 Å². The number of halogens is 3. The van der Waals surface area contributed by atoms with E-state index in [1.165, 1.54) is 13.0 Å². The van der Waals surface area contributed by atoms with Crippen LogP contribution in [0.2, 0.25) is 15.1 Å². The van der Waals surface area contributed by atoms with Crippen LogP contribution < -0.4 is 11.1 Å². The van der Waals surface area contributed by atoms with Gasteiger partial charge in [-0.1, -0.05) is 53.0 Å². The number of hydrogen-bond acceptors (Lipinski definition) is 5. The van der Waals surface area contributed by atoms with E-state index in [0.29, 0.717) is 22.2 Å². The normalized spacial score (nSPS) is 11.7. The number of primary amides is 1. The van der Waals surface area contributed by atoms with Gasteiger partial charge in [-0.05, 0) is 31.2 Å². The first kappa shape index (κ1) is 21.8. The van der Waals surface area contributed by atoms with Gasteiger partial charge in [0.05, 0.1) is 31.8 Å². The summed E-state index contributed by atoms with van der Waals surface area (Å²) in [6.45, 7) is 1.32. The number of esters is 1. The summed E-state index contributed by atoms with van der Waals surface area (Å²) < 4.78 is 5.20. The summed E-state index contributed by atoms with van der Waals surface area (Å²) >= 11 is 18.4. The van der Waals surface area contributed by atoms with Gasteiger partial charge in [-0.25, -0.2) is 14.6 Å². The molecule has 0 aliphatic carbocycles. The van der Waals surface area contributed by atoms with Crippen molar-refractivity contribution >= 4 is 63.6 Å². The third-order valence-electron chi connectivity index (χ3n) is 4.15. The summed E-state index contributed by atoms with van der Waals surface area (Å²) in [6.07, 6.45) is -1.26. The molecule has 30 heavy (non-hydrogen) atoms. The molecule has 1 atom stereocenters. The summed E-state index contributed by atoms with van der Waals surface area (Å²) in [7, 11) is 0. The molecule has 3 aromatic rings. The zero-order valence-electron chi connectivity index (χ0n) is 15.4. The zero-order chi connectivity index (χ0) is 22.0. The second-order valence-corrected chi connectivity index (χ2v) is 7.36. The molecule has 0 saturated carbocycles. The fourth-order valence-corrected chi connectivity index (χ4v) is 3.34. The van der Waals surface area contributed by atoms with Gasteiger partial charge in [0.1, 0.15) is 0 Å². The lowest BCUT2D eigenvalue weighted by atomic mass is 10.0. The van der Waals surface area contributed by atoms with Crippen molar-refractivity contribution in [3.8, 4) is 11.3 Å². The summed E-state index contributed by atoms with van der Waals surface area (Å²) in [5, 5.41) is 2.98. The lowest BCUT2D eigenvalue weighted by Gasteiger charge is -2.14. The third-order valence-corrected chi connectivity index (χ3v) is 5.44. The highest BCUT2D eigenvalue weighted by molar-refractivity contribution is 6.49. The molecule has 154 valence electrons. The van der Waals surface area contributed by atoms with Crippen molar-refractivity contribution in [2.75, 3.05) is 0 Å². The minimum Gasteiger partial charge on any atom is -0.449 e. The maximum Gasteiger partial charge on any atom is 0.339 e. The minimum atomic E-state index is -1.26. The first-order valence-electron chi connectivity index (χ1n) is 8.54. The first-order valence-corrected chi connectivity index (χ1v) is 9.67. The van der Waals surface area contributed by atoms with Crippen LogP contribution in [-0.2, 0) is 9.53 Å². The Bertz CT molecular complexity index is 1180. The molecule has 0 saturated heterocycles. The highest BCUT2D eigenvalue weighted by Gasteiger charge is 2.23. The second-order valence-electron chi connectivity index (χ2n) is 6.20. The first-order chi connectivity index (χ1) is 14.2. The molecular weight excluding hydrogens is 453 g/mol. The number of urea groups is 1. The molecule has 0 aliphatic heterocycles. The van der Waals surface area contributed by atoms with E-state index in [4.69, 9.17) is 45.3 Å². The highest BCUT2D eigenvalue weighted by Crippen LogP contribution is 2.38. The number of amides is 3. The number of benzene rings is 2. The number of nitrogens with one attached hydrogen (secondary N) is 1. The molecule has 0 aliphatic rings. The summed E-state index contributed by atoms with van der Waals surface area (Å²) in [5.74, 6) is -1.64. The van der Waals surface area contributed by atoms with Crippen LogP contribution in [0.5, 0.6) is 0 Å². The SMILES string of the molecule is CC(OC(=O)c1cc(-c2ccc(Cl)c(Cl)c2Cl)nc2ccccc12)C(=O)NC(N)=O. The molecule has 1 aromatic heterocycles. The van der Waals surface area contributed by atoms with Crippen molar-refractivity contribution in [3.05, 3.63) is 63.1 Å².